The molecule has 1 fully saturated rings. The monoisotopic (exact) mass is 471 g/mol. The van der Waals surface area contributed by atoms with E-state index in [1.54, 1.807) is 24.3 Å². The Kier molecular flexibility index (Phi) is 7.92. The molecule has 2 heterocycles. The molecule has 1 aromatic heterocycles. The normalized spacial score (nSPS) is 16.3. The van der Waals surface area contributed by atoms with Crippen LogP contribution in [0.1, 0.15) is 30.5 Å². The van der Waals surface area contributed by atoms with Crippen molar-refractivity contribution in [1.29, 1.82) is 0 Å². The number of rotatable bonds is 7. The van der Waals surface area contributed by atoms with Crippen molar-refractivity contribution in [3.8, 4) is 5.75 Å². The van der Waals surface area contributed by atoms with Crippen LogP contribution in [0.3, 0.4) is 0 Å². The molecule has 2 N–H and O–H groups in total. The van der Waals surface area contributed by atoms with E-state index < -0.39 is 30.5 Å². The summed E-state index contributed by atoms with van der Waals surface area (Å²) in [4.78, 5) is 27.9. The van der Waals surface area contributed by atoms with Crippen molar-refractivity contribution in [2.24, 2.45) is 0 Å². The Balaban J connectivity index is 1.67. The number of hydrogen-bond donors (Lipinski definition) is 2. The van der Waals surface area contributed by atoms with Gasteiger partial charge in [-0.3, -0.25) is 14.6 Å². The lowest BCUT2D eigenvalue weighted by atomic mass is 10.1. The zero-order valence-corrected chi connectivity index (χ0v) is 17.6. The smallest absolute Gasteiger partial charge is 0.433 e. The molecule has 0 radical (unpaired) electrons. The van der Waals surface area contributed by atoms with Gasteiger partial charge in [0, 0.05) is 35.6 Å². The third kappa shape index (κ3) is 6.83. The van der Waals surface area contributed by atoms with Crippen molar-refractivity contribution in [2.75, 3.05) is 18.5 Å². The minimum atomic E-state index is -4.70. The molecule has 0 bridgehead atoms. The van der Waals surface area contributed by atoms with Gasteiger partial charge in [-0.25, -0.2) is 0 Å². The van der Waals surface area contributed by atoms with Crippen molar-refractivity contribution >= 4 is 29.1 Å². The van der Waals surface area contributed by atoms with Crippen molar-refractivity contribution in [1.82, 2.24) is 10.3 Å². The quantitative estimate of drug-likeness (QED) is 0.638. The summed E-state index contributed by atoms with van der Waals surface area (Å²) in [6, 6.07) is 6.98. The van der Waals surface area contributed by atoms with E-state index >= 15 is 0 Å². The predicted octanol–water partition coefficient (Wildman–Crippen LogP) is 3.96. The summed E-state index contributed by atoms with van der Waals surface area (Å²) in [5.41, 5.74) is -1.08. The van der Waals surface area contributed by atoms with Crippen LogP contribution in [0.15, 0.2) is 36.5 Å². The topological polar surface area (TPSA) is 89.5 Å². The van der Waals surface area contributed by atoms with E-state index in [0.717, 1.165) is 25.1 Å². The first kappa shape index (κ1) is 23.8. The maximum Gasteiger partial charge on any atom is 0.433 e. The van der Waals surface area contributed by atoms with E-state index in [1.807, 2.05) is 0 Å². The Hall–Kier alpha value is -2.85. The average molecular weight is 472 g/mol. The van der Waals surface area contributed by atoms with Gasteiger partial charge < -0.3 is 20.1 Å². The number of nitrogens with one attached hydrogen (secondary N) is 2. The molecule has 0 spiro atoms. The molecular formula is C21H21ClF3N3O4. The Bertz CT molecular complexity index is 948. The molecule has 172 valence electrons. The number of amides is 2. The minimum Gasteiger partial charge on any atom is -0.484 e. The number of anilines is 1. The zero-order valence-electron chi connectivity index (χ0n) is 16.9. The Morgan fingerprint density at radius 1 is 1.22 bits per heavy atom. The number of hydrogen-bond acceptors (Lipinski definition) is 5. The van der Waals surface area contributed by atoms with Crippen LogP contribution in [-0.4, -0.2) is 36.1 Å². The Morgan fingerprint density at radius 2 is 1.97 bits per heavy atom. The number of benzene rings is 1. The van der Waals surface area contributed by atoms with Crippen LogP contribution in [-0.2, 0) is 27.0 Å². The fraction of sp³-hybridized carbons (Fsp3) is 0.381. The molecule has 2 aromatic rings. The number of carbonyl (C=O) groups is 2. The highest BCUT2D eigenvalue weighted by Crippen LogP contribution is 2.30. The van der Waals surface area contributed by atoms with E-state index in [0.29, 0.717) is 23.8 Å². The summed E-state index contributed by atoms with van der Waals surface area (Å²) >= 11 is 5.78. The van der Waals surface area contributed by atoms with Gasteiger partial charge in [0.1, 0.15) is 17.5 Å². The molecule has 1 aromatic carbocycles. The first-order chi connectivity index (χ1) is 15.2. The fourth-order valence-corrected chi connectivity index (χ4v) is 3.13. The molecule has 1 aliphatic rings. The van der Waals surface area contributed by atoms with Crippen molar-refractivity contribution < 1.29 is 32.2 Å². The second-order valence-corrected chi connectivity index (χ2v) is 7.52. The lowest BCUT2D eigenvalue weighted by Gasteiger charge is -2.22. The van der Waals surface area contributed by atoms with Gasteiger partial charge in [0.05, 0.1) is 0 Å². The highest BCUT2D eigenvalue weighted by Gasteiger charge is 2.33. The highest BCUT2D eigenvalue weighted by molar-refractivity contribution is 6.30. The number of aromatic nitrogens is 1. The maximum absolute atomic E-state index is 13.1. The maximum atomic E-state index is 13.1. The van der Waals surface area contributed by atoms with Gasteiger partial charge in [-0.2, -0.15) is 13.2 Å². The summed E-state index contributed by atoms with van der Waals surface area (Å²) in [6.07, 6.45) is -2.02. The number of ether oxygens (including phenoxy) is 2. The summed E-state index contributed by atoms with van der Waals surface area (Å²) in [5, 5.41) is 5.51. The van der Waals surface area contributed by atoms with Crippen LogP contribution in [0.4, 0.5) is 18.9 Å². The number of pyridine rings is 1. The Labute approximate surface area is 187 Å². The molecule has 32 heavy (non-hydrogen) atoms. The van der Waals surface area contributed by atoms with Crippen LogP contribution < -0.4 is 15.4 Å². The molecule has 1 aliphatic heterocycles. The second-order valence-electron chi connectivity index (χ2n) is 7.09. The van der Waals surface area contributed by atoms with Gasteiger partial charge in [-0.1, -0.05) is 11.6 Å². The van der Waals surface area contributed by atoms with Crippen molar-refractivity contribution in [3.63, 3.8) is 0 Å². The van der Waals surface area contributed by atoms with E-state index in [9.17, 15) is 22.8 Å². The van der Waals surface area contributed by atoms with E-state index in [1.165, 1.54) is 0 Å². The average Bonchev–Trinajstić information content (AvgIpc) is 2.77. The van der Waals surface area contributed by atoms with Crippen LogP contribution in [0.5, 0.6) is 5.75 Å². The van der Waals surface area contributed by atoms with Crippen LogP contribution in [0, 0.1) is 0 Å². The lowest BCUT2D eigenvalue weighted by molar-refractivity contribution is -0.141. The van der Waals surface area contributed by atoms with Crippen LogP contribution in [0.2, 0.25) is 5.02 Å². The highest BCUT2D eigenvalue weighted by atomic mass is 35.5. The summed E-state index contributed by atoms with van der Waals surface area (Å²) in [6.45, 7) is -0.0840. The standard InChI is InChI=1S/C21H21ClF3N3O4/c22-14-4-6-15(7-5-14)32-12-19(29)28-16-9-18(21(23,24)25)26-10-13(16)11-27-20(30)17-3-1-2-8-31-17/h4-7,9-10,17H,1-3,8,11-12H2,(H,27,30)(H,26,28,29). The lowest BCUT2D eigenvalue weighted by Crippen LogP contribution is -2.38. The number of alkyl halides is 3. The molecule has 7 nitrogen and oxygen atoms in total. The fourth-order valence-electron chi connectivity index (χ4n) is 3.01. The molecule has 11 heteroatoms. The summed E-state index contributed by atoms with van der Waals surface area (Å²) < 4.78 is 50.0. The van der Waals surface area contributed by atoms with Gasteiger partial charge in [-0.05, 0) is 49.6 Å². The molecule has 1 unspecified atom stereocenters. The largest absolute Gasteiger partial charge is 0.484 e. The van der Waals surface area contributed by atoms with Gasteiger partial charge in [-0.15, -0.1) is 0 Å². The molecule has 0 aliphatic carbocycles. The number of carbonyl (C=O) groups excluding carboxylic acids is 2. The third-order valence-corrected chi connectivity index (χ3v) is 4.91. The molecule has 2 amide bonds. The summed E-state index contributed by atoms with van der Waals surface area (Å²) in [5.74, 6) is -0.675. The van der Waals surface area contributed by atoms with Crippen molar-refractivity contribution in [3.05, 3.63) is 52.8 Å². The Morgan fingerprint density at radius 3 is 2.62 bits per heavy atom. The summed E-state index contributed by atoms with van der Waals surface area (Å²) in [7, 11) is 0. The number of nitrogens with zero attached hydrogens (tertiary/aromatic N) is 1. The molecule has 3 rings (SSSR count). The molecule has 1 saturated heterocycles. The van der Waals surface area contributed by atoms with Gasteiger partial charge in [0.15, 0.2) is 6.61 Å². The second kappa shape index (κ2) is 10.6. The molecule has 0 saturated carbocycles. The van der Waals surface area contributed by atoms with E-state index in [2.05, 4.69) is 15.6 Å². The first-order valence-electron chi connectivity index (χ1n) is 9.86. The SMILES string of the molecule is O=C(COc1ccc(Cl)cc1)Nc1cc(C(F)(F)F)ncc1CNC(=O)C1CCCCO1. The molecule has 1 atom stereocenters. The minimum absolute atomic E-state index is 0.123. The van der Waals surface area contributed by atoms with Crippen molar-refractivity contribution in [2.45, 2.75) is 38.1 Å². The predicted molar refractivity (Wildman–Crippen MR) is 110 cm³/mol. The van der Waals surface area contributed by atoms with Gasteiger partial charge in [0.2, 0.25) is 5.91 Å². The molecular weight excluding hydrogens is 451 g/mol. The van der Waals surface area contributed by atoms with Gasteiger partial charge >= 0.3 is 6.18 Å². The van der Waals surface area contributed by atoms with E-state index in [-0.39, 0.29) is 23.7 Å². The third-order valence-electron chi connectivity index (χ3n) is 4.66. The number of halogens is 4. The van der Waals surface area contributed by atoms with E-state index in [4.69, 9.17) is 21.1 Å². The van der Waals surface area contributed by atoms with Crippen LogP contribution in [0.25, 0.3) is 0 Å². The van der Waals surface area contributed by atoms with Crippen LogP contribution >= 0.6 is 11.6 Å². The van der Waals surface area contributed by atoms with Gasteiger partial charge in [0.25, 0.3) is 5.91 Å². The zero-order chi connectivity index (χ0) is 23.1. The first-order valence-corrected chi connectivity index (χ1v) is 10.2.